The molecule has 2 aromatic carbocycles. The zero-order valence-electron chi connectivity index (χ0n) is 13.2. The zero-order chi connectivity index (χ0) is 18.2. The molecule has 0 fully saturated rings. The van der Waals surface area contributed by atoms with Crippen molar-refractivity contribution in [1.82, 2.24) is 0 Å². The molecule has 0 aromatic heterocycles. The van der Waals surface area contributed by atoms with Crippen LogP contribution in [0.1, 0.15) is 7.43 Å². The normalized spacial score (nSPS) is 11.8. The van der Waals surface area contributed by atoms with Gasteiger partial charge in [-0.1, -0.05) is 19.6 Å². The van der Waals surface area contributed by atoms with Crippen LogP contribution >= 0.6 is 0 Å². The van der Waals surface area contributed by atoms with Crippen LogP contribution in [0.5, 0.6) is 0 Å². The molecule has 2 aromatic rings. The fourth-order valence-electron chi connectivity index (χ4n) is 1.80. The fraction of sp³-hybridized carbons (Fsp3) is 0.143. The van der Waals surface area contributed by atoms with Crippen LogP contribution in [0.25, 0.3) is 0 Å². The maximum absolute atomic E-state index is 12.3. The van der Waals surface area contributed by atoms with Crippen LogP contribution in [-0.2, 0) is 30.0 Å². The standard InChI is InChI=1S/C13H13NO7S3.CH4.K/c1-22(15,16)11-5-3-6-12(9-11)23(17,18)14-10-4-2-7-13(8-10)24(19,20)21;;/h2-9,14H,1H3,(H,19,20,21);1H4;/q;;+1/p-1. The summed E-state index contributed by atoms with van der Waals surface area (Å²) in [5.41, 5.74) is -0.142. The van der Waals surface area contributed by atoms with Crippen molar-refractivity contribution in [2.24, 2.45) is 0 Å². The van der Waals surface area contributed by atoms with E-state index in [2.05, 4.69) is 4.72 Å². The number of anilines is 1. The van der Waals surface area contributed by atoms with Crippen LogP contribution < -0.4 is 56.1 Å². The molecular formula is C14H16KNO7S3. The first kappa shape index (κ1) is 25.7. The molecule has 2 rings (SSSR count). The minimum atomic E-state index is -4.74. The number of nitrogens with one attached hydrogen (secondary N) is 1. The Hall–Kier alpha value is -0.314. The van der Waals surface area contributed by atoms with Crippen LogP contribution in [0.2, 0.25) is 0 Å². The predicted molar refractivity (Wildman–Crippen MR) is 91.5 cm³/mol. The summed E-state index contributed by atoms with van der Waals surface area (Å²) in [4.78, 5) is -1.09. The topological polar surface area (TPSA) is 138 Å². The molecule has 8 nitrogen and oxygen atoms in total. The van der Waals surface area contributed by atoms with Crippen molar-refractivity contribution in [2.75, 3.05) is 11.0 Å². The predicted octanol–water partition coefficient (Wildman–Crippen LogP) is -1.56. The first-order valence-corrected chi connectivity index (χ1v) is 11.1. The Bertz CT molecular complexity index is 1090. The monoisotopic (exact) mass is 445 g/mol. The zero-order valence-corrected chi connectivity index (χ0v) is 18.8. The van der Waals surface area contributed by atoms with Crippen LogP contribution in [-0.4, -0.2) is 36.1 Å². The Balaban J connectivity index is 0.00000312. The van der Waals surface area contributed by atoms with E-state index in [0.29, 0.717) is 0 Å². The Kier molecular flexibility index (Phi) is 9.14. The molecule has 0 heterocycles. The third kappa shape index (κ3) is 6.69. The van der Waals surface area contributed by atoms with Gasteiger partial charge >= 0.3 is 51.4 Å². The number of benzene rings is 2. The van der Waals surface area contributed by atoms with Crippen molar-refractivity contribution in [3.05, 3.63) is 48.5 Å². The van der Waals surface area contributed by atoms with Gasteiger partial charge < -0.3 is 4.55 Å². The summed E-state index contributed by atoms with van der Waals surface area (Å²) in [5.74, 6) is 0. The van der Waals surface area contributed by atoms with Gasteiger partial charge in [-0.3, -0.25) is 4.72 Å². The first-order valence-electron chi connectivity index (χ1n) is 6.28. The number of sulfone groups is 1. The molecule has 0 spiro atoms. The molecule has 0 bridgehead atoms. The van der Waals surface area contributed by atoms with E-state index in [4.69, 9.17) is 0 Å². The Morgan fingerprint density at radius 3 is 1.85 bits per heavy atom. The van der Waals surface area contributed by atoms with E-state index in [1.807, 2.05) is 0 Å². The molecule has 0 saturated heterocycles. The average Bonchev–Trinajstić information content (AvgIpc) is 2.45. The molecule has 0 amide bonds. The van der Waals surface area contributed by atoms with E-state index in [-0.39, 0.29) is 74.3 Å². The van der Waals surface area contributed by atoms with E-state index >= 15 is 0 Å². The van der Waals surface area contributed by atoms with E-state index < -0.39 is 34.9 Å². The van der Waals surface area contributed by atoms with Gasteiger partial charge in [-0.2, -0.15) is 0 Å². The van der Waals surface area contributed by atoms with Gasteiger partial charge in [-0.15, -0.1) is 0 Å². The second-order valence-electron chi connectivity index (χ2n) is 4.83. The molecular weight excluding hydrogens is 429 g/mol. The van der Waals surface area contributed by atoms with E-state index in [0.717, 1.165) is 24.5 Å². The quantitative estimate of drug-likeness (QED) is 0.434. The molecule has 0 atom stereocenters. The third-order valence-corrected chi connectivity index (χ3v) is 6.24. The van der Waals surface area contributed by atoms with Gasteiger partial charge in [0.1, 0.15) is 10.1 Å². The summed E-state index contributed by atoms with van der Waals surface area (Å²) < 4.78 is 82.7. The summed E-state index contributed by atoms with van der Waals surface area (Å²) in [7, 11) is -12.5. The van der Waals surface area contributed by atoms with Gasteiger partial charge in [0.25, 0.3) is 10.0 Å². The summed E-state index contributed by atoms with van der Waals surface area (Å²) in [6.45, 7) is 0. The number of hydrogen-bond acceptors (Lipinski definition) is 7. The van der Waals surface area contributed by atoms with Crippen LogP contribution in [0.3, 0.4) is 0 Å². The van der Waals surface area contributed by atoms with E-state index in [1.165, 1.54) is 30.3 Å². The van der Waals surface area contributed by atoms with Crippen molar-refractivity contribution in [3.8, 4) is 0 Å². The Morgan fingerprint density at radius 2 is 1.31 bits per heavy atom. The maximum Gasteiger partial charge on any atom is 1.00 e. The van der Waals surface area contributed by atoms with Gasteiger partial charge in [0.2, 0.25) is 0 Å². The third-order valence-electron chi connectivity index (χ3n) is 2.92. The summed E-state index contributed by atoms with van der Waals surface area (Å²) >= 11 is 0. The summed E-state index contributed by atoms with van der Waals surface area (Å²) in [6, 6.07) is 9.05. The second-order valence-corrected chi connectivity index (χ2v) is 9.91. The number of rotatable bonds is 5. The van der Waals surface area contributed by atoms with Crippen molar-refractivity contribution in [2.45, 2.75) is 22.1 Å². The van der Waals surface area contributed by atoms with Crippen molar-refractivity contribution in [1.29, 1.82) is 0 Å². The van der Waals surface area contributed by atoms with Crippen LogP contribution in [0.15, 0.2) is 63.2 Å². The molecule has 1 N–H and O–H groups in total. The molecule has 0 aliphatic rings. The van der Waals surface area contributed by atoms with Gasteiger partial charge in [0, 0.05) is 6.26 Å². The molecule has 138 valence electrons. The number of hydrogen-bond donors (Lipinski definition) is 1. The molecule has 12 heteroatoms. The van der Waals surface area contributed by atoms with Crippen molar-refractivity contribution in [3.63, 3.8) is 0 Å². The van der Waals surface area contributed by atoms with E-state index in [1.54, 1.807) is 0 Å². The van der Waals surface area contributed by atoms with Crippen LogP contribution in [0, 0.1) is 0 Å². The minimum Gasteiger partial charge on any atom is -0.744 e. The van der Waals surface area contributed by atoms with Crippen molar-refractivity contribution >= 4 is 35.7 Å². The van der Waals surface area contributed by atoms with Gasteiger partial charge in [-0.25, -0.2) is 25.3 Å². The molecule has 0 aliphatic heterocycles. The summed E-state index contributed by atoms with van der Waals surface area (Å²) in [6.07, 6.45) is 0.939. The van der Waals surface area contributed by atoms with Gasteiger partial charge in [0.15, 0.2) is 9.84 Å². The molecule has 0 aliphatic carbocycles. The second kappa shape index (κ2) is 9.25. The average molecular weight is 446 g/mol. The smallest absolute Gasteiger partial charge is 0.744 e. The van der Waals surface area contributed by atoms with Crippen LogP contribution in [0.4, 0.5) is 5.69 Å². The van der Waals surface area contributed by atoms with Crippen molar-refractivity contribution < 1.29 is 81.2 Å². The largest absolute Gasteiger partial charge is 1.00 e. The molecule has 0 saturated carbocycles. The maximum atomic E-state index is 12.3. The molecule has 0 radical (unpaired) electrons. The van der Waals surface area contributed by atoms with Gasteiger partial charge in [-0.05, 0) is 36.4 Å². The molecule has 0 unspecified atom stereocenters. The fourth-order valence-corrected chi connectivity index (χ4v) is 4.15. The summed E-state index contributed by atoms with van der Waals surface area (Å²) in [5, 5.41) is 0. The number of sulfonamides is 1. The Labute approximate surface area is 196 Å². The SMILES string of the molecule is C.CS(=O)(=O)c1cccc(S(=O)(=O)Nc2cccc(S(=O)(=O)[O-])c2)c1.[K+]. The Morgan fingerprint density at radius 1 is 0.808 bits per heavy atom. The minimum absolute atomic E-state index is 0. The van der Waals surface area contributed by atoms with E-state index in [9.17, 15) is 29.8 Å². The van der Waals surface area contributed by atoms with Gasteiger partial charge in [0.05, 0.1) is 20.4 Å². The molecule has 26 heavy (non-hydrogen) atoms. The first-order chi connectivity index (χ1) is 10.9.